The molecule has 0 saturated heterocycles. The lowest BCUT2D eigenvalue weighted by Gasteiger charge is -2.17. The summed E-state index contributed by atoms with van der Waals surface area (Å²) in [6.07, 6.45) is 0.109. The molecular formula is C19H29N3O5S. The first-order valence-corrected chi connectivity index (χ1v) is 9.78. The zero-order valence-electron chi connectivity index (χ0n) is 16.3. The zero-order chi connectivity index (χ0) is 20.9. The number of nitrogens with one attached hydrogen (secondary N) is 2. The highest BCUT2D eigenvalue weighted by Crippen LogP contribution is 2.11. The molecule has 4 N–H and O–H groups in total. The normalized spacial score (nSPS) is 12.6. The van der Waals surface area contributed by atoms with Crippen LogP contribution in [0.25, 0.3) is 0 Å². The first kappa shape index (κ1) is 23.8. The maximum absolute atomic E-state index is 12.5. The number of amides is 1. The van der Waals surface area contributed by atoms with Gasteiger partial charge in [-0.2, -0.15) is 12.6 Å². The molecule has 8 nitrogen and oxygen atoms in total. The van der Waals surface area contributed by atoms with Crippen molar-refractivity contribution in [1.29, 1.82) is 0 Å². The van der Waals surface area contributed by atoms with E-state index in [-0.39, 0.29) is 31.3 Å². The summed E-state index contributed by atoms with van der Waals surface area (Å²) in [7, 11) is 0. The van der Waals surface area contributed by atoms with Gasteiger partial charge in [-0.25, -0.2) is 4.79 Å². The smallest absolute Gasteiger partial charge is 0.328 e. The molecule has 9 heteroatoms. The molecular weight excluding hydrogens is 382 g/mol. The van der Waals surface area contributed by atoms with Crippen molar-refractivity contribution < 1.29 is 23.9 Å². The Morgan fingerprint density at radius 3 is 2.32 bits per heavy atom. The summed E-state index contributed by atoms with van der Waals surface area (Å²) in [6.45, 7) is 4.87. The monoisotopic (exact) mass is 411 g/mol. The SMILES string of the molecule is CCOC(=O)CC[C@H](NC(=O)c1ccc(NCC(S)CN)cc1)C(=O)OCC. The summed E-state index contributed by atoms with van der Waals surface area (Å²) >= 11 is 4.31. The van der Waals surface area contributed by atoms with Crippen molar-refractivity contribution in [2.45, 2.75) is 38.0 Å². The van der Waals surface area contributed by atoms with E-state index < -0.39 is 23.9 Å². The third-order valence-corrected chi connectivity index (χ3v) is 4.17. The average molecular weight is 412 g/mol. The van der Waals surface area contributed by atoms with Crippen LogP contribution in [0.15, 0.2) is 24.3 Å². The second-order valence-corrected chi connectivity index (χ2v) is 6.70. The minimum atomic E-state index is -0.927. The molecule has 28 heavy (non-hydrogen) atoms. The summed E-state index contributed by atoms with van der Waals surface area (Å²) in [5.41, 5.74) is 6.73. The Labute approximate surface area is 170 Å². The van der Waals surface area contributed by atoms with E-state index >= 15 is 0 Å². The van der Waals surface area contributed by atoms with E-state index in [9.17, 15) is 14.4 Å². The number of esters is 2. The second-order valence-electron chi connectivity index (χ2n) is 5.97. The van der Waals surface area contributed by atoms with Crippen molar-refractivity contribution in [2.24, 2.45) is 5.73 Å². The number of benzene rings is 1. The number of rotatable bonds is 12. The molecule has 0 aliphatic heterocycles. The summed E-state index contributed by atoms with van der Waals surface area (Å²) in [6, 6.07) is 5.86. The zero-order valence-corrected chi connectivity index (χ0v) is 17.2. The second kappa shape index (κ2) is 13.0. The summed E-state index contributed by atoms with van der Waals surface area (Å²) in [4.78, 5) is 36.1. The number of thiol groups is 1. The lowest BCUT2D eigenvalue weighted by Crippen LogP contribution is -2.42. The molecule has 1 aromatic carbocycles. The van der Waals surface area contributed by atoms with Gasteiger partial charge >= 0.3 is 11.9 Å². The van der Waals surface area contributed by atoms with Gasteiger partial charge in [-0.15, -0.1) is 0 Å². The van der Waals surface area contributed by atoms with Gasteiger partial charge < -0.3 is 25.8 Å². The molecule has 2 atom stereocenters. The highest BCUT2D eigenvalue weighted by molar-refractivity contribution is 7.81. The Bertz CT molecular complexity index is 639. The maximum atomic E-state index is 12.5. The average Bonchev–Trinajstić information content (AvgIpc) is 2.69. The first-order chi connectivity index (χ1) is 13.4. The number of ether oxygens (including phenoxy) is 2. The van der Waals surface area contributed by atoms with E-state index in [0.29, 0.717) is 18.7 Å². The molecule has 0 aliphatic carbocycles. The van der Waals surface area contributed by atoms with Gasteiger partial charge in [0.15, 0.2) is 0 Å². The van der Waals surface area contributed by atoms with Crippen LogP contribution < -0.4 is 16.4 Å². The first-order valence-electron chi connectivity index (χ1n) is 9.26. The van der Waals surface area contributed by atoms with Crippen LogP contribution in [0, 0.1) is 0 Å². The standard InChI is InChI=1S/C19H29N3O5S/c1-3-26-17(23)10-9-16(19(25)27-4-2)22-18(24)13-5-7-14(8-6-13)21-12-15(28)11-20/h5-8,15-16,21,28H,3-4,9-12,20H2,1-2H3,(H,22,24)/t15?,16-/m0/s1. The molecule has 0 saturated carbocycles. The fraction of sp³-hybridized carbons (Fsp3) is 0.526. The highest BCUT2D eigenvalue weighted by atomic mass is 32.1. The largest absolute Gasteiger partial charge is 0.466 e. The molecule has 0 radical (unpaired) electrons. The van der Waals surface area contributed by atoms with Crippen molar-refractivity contribution in [3.8, 4) is 0 Å². The van der Waals surface area contributed by atoms with Gasteiger partial charge in [-0.05, 0) is 44.5 Å². The van der Waals surface area contributed by atoms with Crippen molar-refractivity contribution in [2.75, 3.05) is 31.6 Å². The van der Waals surface area contributed by atoms with Crippen LogP contribution in [0.4, 0.5) is 5.69 Å². The summed E-state index contributed by atoms with van der Waals surface area (Å²) in [5, 5.41) is 5.83. The summed E-state index contributed by atoms with van der Waals surface area (Å²) in [5.74, 6) is -1.44. The van der Waals surface area contributed by atoms with E-state index in [1.54, 1.807) is 38.1 Å². The van der Waals surface area contributed by atoms with Crippen molar-refractivity contribution in [3.05, 3.63) is 29.8 Å². The van der Waals surface area contributed by atoms with E-state index in [0.717, 1.165) is 5.69 Å². The van der Waals surface area contributed by atoms with Crippen LogP contribution in [0.1, 0.15) is 37.0 Å². The molecule has 0 bridgehead atoms. The van der Waals surface area contributed by atoms with E-state index in [1.165, 1.54) is 0 Å². The van der Waals surface area contributed by atoms with Gasteiger partial charge in [0.1, 0.15) is 6.04 Å². The lowest BCUT2D eigenvalue weighted by atomic mass is 10.1. The molecule has 0 heterocycles. The molecule has 1 rings (SSSR count). The van der Waals surface area contributed by atoms with Gasteiger partial charge in [0, 0.05) is 36.0 Å². The fourth-order valence-electron chi connectivity index (χ4n) is 2.29. The third kappa shape index (κ3) is 8.62. The minimum absolute atomic E-state index is 0.00644. The van der Waals surface area contributed by atoms with Gasteiger partial charge in [-0.3, -0.25) is 9.59 Å². The number of carbonyl (C=O) groups excluding carboxylic acids is 3. The quantitative estimate of drug-likeness (QED) is 0.303. The van der Waals surface area contributed by atoms with Crippen molar-refractivity contribution in [1.82, 2.24) is 5.32 Å². The maximum Gasteiger partial charge on any atom is 0.328 e. The van der Waals surface area contributed by atoms with Crippen LogP contribution in [-0.2, 0) is 19.1 Å². The fourth-order valence-corrected chi connectivity index (χ4v) is 2.38. The van der Waals surface area contributed by atoms with Gasteiger partial charge in [0.25, 0.3) is 5.91 Å². The van der Waals surface area contributed by atoms with Crippen LogP contribution in [-0.4, -0.2) is 55.4 Å². The van der Waals surface area contributed by atoms with Crippen molar-refractivity contribution in [3.63, 3.8) is 0 Å². The number of nitrogens with two attached hydrogens (primary N) is 1. The predicted octanol–water partition coefficient (Wildman–Crippen LogP) is 1.36. The highest BCUT2D eigenvalue weighted by Gasteiger charge is 2.24. The summed E-state index contributed by atoms with van der Waals surface area (Å²) < 4.78 is 9.84. The minimum Gasteiger partial charge on any atom is -0.466 e. The van der Waals surface area contributed by atoms with Crippen molar-refractivity contribution >= 4 is 36.2 Å². The molecule has 0 aliphatic rings. The van der Waals surface area contributed by atoms with Crippen LogP contribution in [0.2, 0.25) is 0 Å². The Hall–Kier alpha value is -2.26. The Morgan fingerprint density at radius 2 is 1.75 bits per heavy atom. The molecule has 1 aromatic rings. The Morgan fingerprint density at radius 1 is 1.11 bits per heavy atom. The van der Waals surface area contributed by atoms with E-state index in [2.05, 4.69) is 23.3 Å². The Kier molecular flexibility index (Phi) is 11.0. The molecule has 0 aromatic heterocycles. The lowest BCUT2D eigenvalue weighted by molar-refractivity contribution is -0.146. The molecule has 0 spiro atoms. The number of hydrogen-bond donors (Lipinski definition) is 4. The van der Waals surface area contributed by atoms with Gasteiger partial charge in [0.2, 0.25) is 0 Å². The van der Waals surface area contributed by atoms with Gasteiger partial charge in [-0.1, -0.05) is 0 Å². The van der Waals surface area contributed by atoms with Gasteiger partial charge in [0.05, 0.1) is 13.2 Å². The number of anilines is 1. The van der Waals surface area contributed by atoms with Crippen LogP contribution in [0.5, 0.6) is 0 Å². The van der Waals surface area contributed by atoms with E-state index in [4.69, 9.17) is 15.2 Å². The third-order valence-electron chi connectivity index (χ3n) is 3.78. The molecule has 156 valence electrons. The van der Waals surface area contributed by atoms with Crippen LogP contribution >= 0.6 is 12.6 Å². The number of carbonyl (C=O) groups is 3. The molecule has 0 fully saturated rings. The Balaban J connectivity index is 2.69. The molecule has 1 amide bonds. The number of hydrogen-bond acceptors (Lipinski definition) is 8. The topological polar surface area (TPSA) is 120 Å². The molecule has 1 unspecified atom stereocenters. The predicted molar refractivity (Wildman–Crippen MR) is 111 cm³/mol. The van der Waals surface area contributed by atoms with E-state index in [1.807, 2.05) is 0 Å². The van der Waals surface area contributed by atoms with Crippen LogP contribution in [0.3, 0.4) is 0 Å².